The lowest BCUT2D eigenvalue weighted by atomic mass is 9.91. The number of nitriles is 1. The average molecular weight is 470 g/mol. The van der Waals surface area contributed by atoms with Gasteiger partial charge in [0.05, 0.1) is 17.2 Å². The van der Waals surface area contributed by atoms with Gasteiger partial charge in [0, 0.05) is 32.6 Å². The molecule has 4 aromatic carbocycles. The third kappa shape index (κ3) is 3.39. The summed E-state index contributed by atoms with van der Waals surface area (Å²) in [5, 5.41) is 11.8. The highest BCUT2D eigenvalue weighted by Crippen LogP contribution is 2.42. The largest absolute Gasteiger partial charge is 0.454 e. The molecule has 0 saturated carbocycles. The molecular weight excluding hydrogens is 440 g/mol. The minimum atomic E-state index is -2.43. The maximum absolute atomic E-state index is 10.1. The molecule has 2 heterocycles. The Hall–Kier alpha value is -4.68. The molecule has 3 nitrogen and oxygen atoms in total. The second-order valence-corrected chi connectivity index (χ2v) is 8.94. The van der Waals surface area contributed by atoms with Crippen molar-refractivity contribution in [1.82, 2.24) is 0 Å². The number of hydrogen-bond acceptors (Lipinski definition) is 2. The van der Waals surface area contributed by atoms with Gasteiger partial charge in [-0.2, -0.15) is 5.26 Å². The maximum Gasteiger partial charge on any atom is 0.216 e. The van der Waals surface area contributed by atoms with E-state index in [1.165, 1.54) is 0 Å². The molecule has 0 radical (unpaired) electrons. The molecule has 6 rings (SSSR count). The van der Waals surface area contributed by atoms with Crippen molar-refractivity contribution in [2.75, 3.05) is 0 Å². The topological polar surface area (TPSA) is 40.8 Å². The van der Waals surface area contributed by atoms with Gasteiger partial charge in [0.25, 0.3) is 0 Å². The van der Waals surface area contributed by atoms with Crippen molar-refractivity contribution >= 4 is 21.9 Å². The van der Waals surface area contributed by atoms with Crippen LogP contribution in [0.15, 0.2) is 102 Å². The quantitative estimate of drug-likeness (QED) is 0.247. The summed E-state index contributed by atoms with van der Waals surface area (Å²) in [7, 11) is 1.84. The van der Waals surface area contributed by atoms with E-state index in [-0.39, 0.29) is 5.56 Å². The monoisotopic (exact) mass is 469 g/mol. The van der Waals surface area contributed by atoms with Crippen LogP contribution in [0.25, 0.3) is 55.4 Å². The van der Waals surface area contributed by atoms with Crippen LogP contribution in [0.1, 0.15) is 22.2 Å². The first-order chi connectivity index (χ1) is 19.2. The van der Waals surface area contributed by atoms with Crippen LogP contribution in [0.2, 0.25) is 0 Å². The van der Waals surface area contributed by atoms with E-state index in [2.05, 4.69) is 6.07 Å². The first kappa shape index (κ1) is 17.7. The summed E-state index contributed by atoms with van der Waals surface area (Å²) in [6.45, 7) is -0.430. The molecule has 0 bridgehead atoms. The number of nitrogens with zero attached hydrogens (tertiary/aromatic N) is 2. The zero-order valence-corrected chi connectivity index (χ0v) is 20.0. The number of rotatable bonds is 3. The molecule has 0 aliphatic carbocycles. The summed E-state index contributed by atoms with van der Waals surface area (Å²) in [6.07, 6.45) is 0.360. The Balaban J connectivity index is 1.70. The van der Waals surface area contributed by atoms with Gasteiger partial charge in [-0.25, -0.2) is 4.57 Å². The summed E-state index contributed by atoms with van der Waals surface area (Å²) in [5.41, 5.74) is 6.83. The molecule has 172 valence electrons. The molecule has 0 unspecified atom stereocenters. The van der Waals surface area contributed by atoms with E-state index >= 15 is 0 Å². The second-order valence-electron chi connectivity index (χ2n) is 8.94. The predicted octanol–water partition coefficient (Wildman–Crippen LogP) is 7.90. The van der Waals surface area contributed by atoms with E-state index in [0.29, 0.717) is 34.0 Å². The van der Waals surface area contributed by atoms with Crippen molar-refractivity contribution in [3.05, 3.63) is 114 Å². The van der Waals surface area contributed by atoms with Gasteiger partial charge in [-0.05, 0) is 59.8 Å². The molecule has 0 N–H and O–H groups in total. The highest BCUT2D eigenvalue weighted by molar-refractivity contribution is 6.14. The molecule has 0 spiro atoms. The summed E-state index contributed by atoms with van der Waals surface area (Å²) < 4.78 is 41.9. The number of pyridine rings is 1. The molecule has 0 aliphatic heterocycles. The number of aromatic nitrogens is 1. The Labute approximate surface area is 216 Å². The third-order valence-electron chi connectivity index (χ3n) is 6.77. The lowest BCUT2D eigenvalue weighted by Gasteiger charge is -2.11. The van der Waals surface area contributed by atoms with Gasteiger partial charge in [0.1, 0.15) is 19.6 Å². The van der Waals surface area contributed by atoms with Crippen molar-refractivity contribution in [3.8, 4) is 39.6 Å². The molecule has 0 aliphatic rings. The molecule has 0 amide bonds. The lowest BCUT2D eigenvalue weighted by molar-refractivity contribution is -0.660. The highest BCUT2D eigenvalue weighted by atomic mass is 16.3. The average Bonchev–Trinajstić information content (AvgIpc) is 3.32. The molecule has 2 aromatic heterocycles. The summed E-state index contributed by atoms with van der Waals surface area (Å²) in [6, 6.07) is 30.3. The van der Waals surface area contributed by atoms with Crippen LogP contribution in [-0.4, -0.2) is 0 Å². The van der Waals surface area contributed by atoms with Crippen molar-refractivity contribution in [3.63, 3.8) is 0 Å². The fraction of sp³-hybridized carbons (Fsp3) is 0.0909. The summed E-state index contributed by atoms with van der Waals surface area (Å²) in [4.78, 5) is 0. The van der Waals surface area contributed by atoms with Crippen LogP contribution in [-0.2, 0) is 7.05 Å². The van der Waals surface area contributed by atoms with Crippen LogP contribution >= 0.6 is 0 Å². The van der Waals surface area contributed by atoms with E-state index < -0.39 is 6.85 Å². The molecule has 3 heteroatoms. The van der Waals surface area contributed by atoms with E-state index in [0.717, 1.165) is 38.7 Å². The van der Waals surface area contributed by atoms with Gasteiger partial charge in [-0.1, -0.05) is 60.7 Å². The standard InChI is InChI=1S/C33H25N2O/c1-21-12-15-27-28-17-14-25(20-34)31(26-16-13-24(19-22(26)2)23-9-5-4-6-10-23)33(28)36-32(27)30(21)29-11-7-8-18-35(29)3/h4-19H,1-3H3/q+1/i2D3,18D. The fourth-order valence-electron chi connectivity index (χ4n) is 4.98. The Bertz CT molecular complexity index is 1980. The third-order valence-corrected chi connectivity index (χ3v) is 6.77. The fourth-order valence-corrected chi connectivity index (χ4v) is 4.98. The van der Waals surface area contributed by atoms with E-state index in [9.17, 15) is 5.26 Å². The normalized spacial score (nSPS) is 13.1. The Morgan fingerprint density at radius 1 is 0.806 bits per heavy atom. The van der Waals surface area contributed by atoms with Crippen molar-refractivity contribution in [1.29, 1.82) is 5.26 Å². The van der Waals surface area contributed by atoms with Gasteiger partial charge >= 0.3 is 0 Å². The number of aryl methyl sites for hydroxylation is 2. The van der Waals surface area contributed by atoms with Crippen LogP contribution in [0.3, 0.4) is 0 Å². The maximum atomic E-state index is 10.1. The predicted molar refractivity (Wildman–Crippen MR) is 145 cm³/mol. The van der Waals surface area contributed by atoms with E-state index in [1.807, 2.05) is 80.7 Å². The minimum absolute atomic E-state index is 0.156. The zero-order valence-electron chi connectivity index (χ0n) is 24.0. The van der Waals surface area contributed by atoms with Gasteiger partial charge in [0.2, 0.25) is 5.69 Å². The smallest absolute Gasteiger partial charge is 0.216 e. The van der Waals surface area contributed by atoms with Crippen molar-refractivity contribution in [2.45, 2.75) is 13.8 Å². The molecule has 0 atom stereocenters. The van der Waals surface area contributed by atoms with Gasteiger partial charge in [-0.3, -0.25) is 0 Å². The van der Waals surface area contributed by atoms with Crippen LogP contribution in [0.4, 0.5) is 0 Å². The molecule has 6 aromatic rings. The SMILES string of the molecule is [2H]c1cccc(-c2c(C)ccc3c2oc2c(-c4ccc(-c5ccccc5)cc4C([2H])([2H])[2H])c(C#N)ccc23)[n+]1C. The summed E-state index contributed by atoms with van der Waals surface area (Å²) >= 11 is 0. The zero-order chi connectivity index (χ0) is 28.2. The molecule has 36 heavy (non-hydrogen) atoms. The van der Waals surface area contributed by atoms with Gasteiger partial charge < -0.3 is 4.42 Å². The minimum Gasteiger partial charge on any atom is -0.454 e. The van der Waals surface area contributed by atoms with Crippen LogP contribution in [0.5, 0.6) is 0 Å². The second kappa shape index (κ2) is 8.52. The Kier molecular flexibility index (Phi) is 4.19. The molecular formula is C33H25N2O+. The lowest BCUT2D eigenvalue weighted by Crippen LogP contribution is -2.30. The highest BCUT2D eigenvalue weighted by Gasteiger charge is 2.23. The number of fused-ring (bicyclic) bond motifs is 3. The van der Waals surface area contributed by atoms with Crippen molar-refractivity contribution in [2.24, 2.45) is 7.05 Å². The van der Waals surface area contributed by atoms with Crippen molar-refractivity contribution < 1.29 is 14.5 Å². The molecule has 0 fully saturated rings. The number of benzene rings is 4. The number of hydrogen-bond donors (Lipinski definition) is 0. The summed E-state index contributed by atoms with van der Waals surface area (Å²) in [5.74, 6) is 0. The first-order valence-corrected chi connectivity index (χ1v) is 11.7. The molecule has 0 saturated heterocycles. The van der Waals surface area contributed by atoms with Gasteiger partial charge in [-0.15, -0.1) is 0 Å². The van der Waals surface area contributed by atoms with E-state index in [4.69, 9.17) is 9.90 Å². The first-order valence-electron chi connectivity index (χ1n) is 13.7. The van der Waals surface area contributed by atoms with Crippen LogP contribution < -0.4 is 4.57 Å². The Morgan fingerprint density at radius 3 is 2.33 bits per heavy atom. The van der Waals surface area contributed by atoms with E-state index in [1.54, 1.807) is 28.8 Å². The number of furan rings is 1. The van der Waals surface area contributed by atoms with Crippen LogP contribution in [0, 0.1) is 25.1 Å². The Morgan fingerprint density at radius 2 is 1.56 bits per heavy atom. The van der Waals surface area contributed by atoms with Gasteiger partial charge in [0.15, 0.2) is 6.17 Å².